The summed E-state index contributed by atoms with van der Waals surface area (Å²) >= 11 is 0. The van der Waals surface area contributed by atoms with Gasteiger partial charge in [-0.05, 0) is 31.0 Å². The summed E-state index contributed by atoms with van der Waals surface area (Å²) < 4.78 is 0. The first-order valence-corrected chi connectivity index (χ1v) is 6.39. The number of phenols is 1. The highest BCUT2D eigenvalue weighted by Gasteiger charge is 2.10. The SMILES string of the molecule is CCCNC(=O)CCNC(=O)c1ccc(C)cc1O. The third-order valence-corrected chi connectivity index (χ3v) is 2.61. The molecule has 0 radical (unpaired) electrons. The van der Waals surface area contributed by atoms with Crippen LogP contribution in [0.4, 0.5) is 0 Å². The molecule has 0 heterocycles. The fourth-order valence-electron chi connectivity index (χ4n) is 1.57. The first-order valence-electron chi connectivity index (χ1n) is 6.39. The maximum Gasteiger partial charge on any atom is 0.255 e. The summed E-state index contributed by atoms with van der Waals surface area (Å²) in [5.74, 6) is -0.510. The molecule has 1 aromatic rings. The van der Waals surface area contributed by atoms with Crippen molar-refractivity contribution in [3.63, 3.8) is 0 Å². The highest BCUT2D eigenvalue weighted by Crippen LogP contribution is 2.17. The van der Waals surface area contributed by atoms with Crippen LogP contribution in [0.25, 0.3) is 0 Å². The van der Waals surface area contributed by atoms with Crippen molar-refractivity contribution in [2.75, 3.05) is 13.1 Å². The van der Waals surface area contributed by atoms with E-state index in [1.54, 1.807) is 12.1 Å². The molecule has 1 rings (SSSR count). The maximum atomic E-state index is 11.8. The third kappa shape index (κ3) is 4.99. The number of hydrogen-bond donors (Lipinski definition) is 3. The van der Waals surface area contributed by atoms with Gasteiger partial charge in [0, 0.05) is 19.5 Å². The molecule has 0 atom stereocenters. The standard InChI is InChI=1S/C14H20N2O3/c1-3-7-15-13(18)6-8-16-14(19)11-5-4-10(2)9-12(11)17/h4-5,9,17H,3,6-8H2,1-2H3,(H,15,18)(H,16,19). The molecule has 104 valence electrons. The Bertz CT molecular complexity index is 458. The molecule has 0 aliphatic carbocycles. The number of aromatic hydroxyl groups is 1. The van der Waals surface area contributed by atoms with Crippen LogP contribution >= 0.6 is 0 Å². The topological polar surface area (TPSA) is 78.4 Å². The van der Waals surface area contributed by atoms with Gasteiger partial charge in [-0.2, -0.15) is 0 Å². The summed E-state index contributed by atoms with van der Waals surface area (Å²) in [5.41, 5.74) is 1.10. The van der Waals surface area contributed by atoms with E-state index in [-0.39, 0.29) is 36.1 Å². The van der Waals surface area contributed by atoms with Crippen LogP contribution in [0.15, 0.2) is 18.2 Å². The lowest BCUT2D eigenvalue weighted by Gasteiger charge is -2.07. The first kappa shape index (κ1) is 15.0. The van der Waals surface area contributed by atoms with Gasteiger partial charge in [-0.25, -0.2) is 0 Å². The van der Waals surface area contributed by atoms with Gasteiger partial charge in [-0.15, -0.1) is 0 Å². The van der Waals surface area contributed by atoms with Crippen LogP contribution in [0, 0.1) is 6.92 Å². The lowest BCUT2D eigenvalue weighted by molar-refractivity contribution is -0.120. The van der Waals surface area contributed by atoms with Crippen molar-refractivity contribution in [3.8, 4) is 5.75 Å². The van der Waals surface area contributed by atoms with E-state index in [4.69, 9.17) is 0 Å². The fourth-order valence-corrected chi connectivity index (χ4v) is 1.57. The predicted octanol–water partition coefficient (Wildman–Crippen LogP) is 1.35. The summed E-state index contributed by atoms with van der Waals surface area (Å²) in [7, 11) is 0. The van der Waals surface area contributed by atoms with E-state index in [1.165, 1.54) is 6.07 Å². The van der Waals surface area contributed by atoms with Crippen LogP contribution in [0.1, 0.15) is 35.7 Å². The van der Waals surface area contributed by atoms with Gasteiger partial charge in [0.25, 0.3) is 5.91 Å². The Kier molecular flexibility index (Phi) is 5.85. The van der Waals surface area contributed by atoms with Crippen molar-refractivity contribution in [2.45, 2.75) is 26.7 Å². The van der Waals surface area contributed by atoms with Crippen molar-refractivity contribution in [3.05, 3.63) is 29.3 Å². The summed E-state index contributed by atoms with van der Waals surface area (Å²) in [6.07, 6.45) is 1.12. The Labute approximate surface area is 113 Å². The van der Waals surface area contributed by atoms with E-state index in [0.717, 1.165) is 12.0 Å². The van der Waals surface area contributed by atoms with Gasteiger partial charge >= 0.3 is 0 Å². The largest absolute Gasteiger partial charge is 0.507 e. The van der Waals surface area contributed by atoms with Crippen molar-refractivity contribution in [1.29, 1.82) is 0 Å². The van der Waals surface area contributed by atoms with Gasteiger partial charge in [0.15, 0.2) is 0 Å². The monoisotopic (exact) mass is 264 g/mol. The number of benzene rings is 1. The molecule has 3 N–H and O–H groups in total. The molecule has 0 aromatic heterocycles. The Morgan fingerprint density at radius 2 is 1.95 bits per heavy atom. The molecule has 0 unspecified atom stereocenters. The maximum absolute atomic E-state index is 11.8. The zero-order chi connectivity index (χ0) is 14.3. The summed E-state index contributed by atoms with van der Waals surface area (Å²) in [4.78, 5) is 23.1. The molecular weight excluding hydrogens is 244 g/mol. The van der Waals surface area contributed by atoms with Gasteiger partial charge in [0.1, 0.15) is 5.75 Å². The lowest BCUT2D eigenvalue weighted by Crippen LogP contribution is -2.31. The summed E-state index contributed by atoms with van der Waals surface area (Å²) in [5, 5.41) is 15.0. The molecule has 5 heteroatoms. The molecule has 0 saturated carbocycles. The molecule has 5 nitrogen and oxygen atoms in total. The lowest BCUT2D eigenvalue weighted by atomic mass is 10.1. The molecular formula is C14H20N2O3. The van der Waals surface area contributed by atoms with Crippen LogP contribution in [0.5, 0.6) is 5.75 Å². The summed E-state index contributed by atoms with van der Waals surface area (Å²) in [6, 6.07) is 4.85. The number of carbonyl (C=O) groups is 2. The van der Waals surface area contributed by atoms with Gasteiger partial charge in [0.2, 0.25) is 5.91 Å². The van der Waals surface area contributed by atoms with Crippen LogP contribution in [-0.2, 0) is 4.79 Å². The molecule has 2 amide bonds. The second-order valence-electron chi connectivity index (χ2n) is 4.38. The zero-order valence-corrected chi connectivity index (χ0v) is 11.3. The number of carbonyl (C=O) groups excluding carboxylic acids is 2. The van der Waals surface area contributed by atoms with Gasteiger partial charge in [-0.3, -0.25) is 9.59 Å². The molecule has 0 aliphatic heterocycles. The fraction of sp³-hybridized carbons (Fsp3) is 0.429. The zero-order valence-electron chi connectivity index (χ0n) is 11.3. The van der Waals surface area contributed by atoms with E-state index in [1.807, 2.05) is 13.8 Å². The van der Waals surface area contributed by atoms with Crippen LogP contribution < -0.4 is 10.6 Å². The van der Waals surface area contributed by atoms with E-state index in [0.29, 0.717) is 6.54 Å². The third-order valence-electron chi connectivity index (χ3n) is 2.61. The Morgan fingerprint density at radius 1 is 1.21 bits per heavy atom. The van der Waals surface area contributed by atoms with E-state index >= 15 is 0 Å². The van der Waals surface area contributed by atoms with Crippen molar-refractivity contribution in [1.82, 2.24) is 10.6 Å². The molecule has 0 saturated heterocycles. The highest BCUT2D eigenvalue weighted by molar-refractivity contribution is 5.97. The first-order chi connectivity index (χ1) is 9.04. The minimum Gasteiger partial charge on any atom is -0.507 e. The van der Waals surface area contributed by atoms with E-state index in [9.17, 15) is 14.7 Å². The van der Waals surface area contributed by atoms with Crippen LogP contribution in [0.3, 0.4) is 0 Å². The molecule has 0 spiro atoms. The quantitative estimate of drug-likeness (QED) is 0.725. The van der Waals surface area contributed by atoms with Gasteiger partial charge < -0.3 is 15.7 Å². The van der Waals surface area contributed by atoms with E-state index in [2.05, 4.69) is 10.6 Å². The average molecular weight is 264 g/mol. The van der Waals surface area contributed by atoms with E-state index < -0.39 is 0 Å². The smallest absolute Gasteiger partial charge is 0.255 e. The molecule has 0 bridgehead atoms. The molecule has 0 fully saturated rings. The second-order valence-corrected chi connectivity index (χ2v) is 4.38. The second kappa shape index (κ2) is 7.41. The number of amides is 2. The minimum absolute atomic E-state index is 0.0482. The van der Waals surface area contributed by atoms with Gasteiger partial charge in [0.05, 0.1) is 5.56 Å². The number of aryl methyl sites for hydroxylation is 1. The highest BCUT2D eigenvalue weighted by atomic mass is 16.3. The number of hydrogen-bond acceptors (Lipinski definition) is 3. The Morgan fingerprint density at radius 3 is 2.58 bits per heavy atom. The van der Waals surface area contributed by atoms with Crippen LogP contribution in [-0.4, -0.2) is 30.0 Å². The minimum atomic E-state index is -0.374. The molecule has 0 aliphatic rings. The van der Waals surface area contributed by atoms with Gasteiger partial charge in [-0.1, -0.05) is 13.0 Å². The van der Waals surface area contributed by atoms with Crippen molar-refractivity contribution >= 4 is 11.8 Å². The molecule has 19 heavy (non-hydrogen) atoms. The molecule has 1 aromatic carbocycles. The Balaban J connectivity index is 2.41. The van der Waals surface area contributed by atoms with Crippen LogP contribution in [0.2, 0.25) is 0 Å². The summed E-state index contributed by atoms with van der Waals surface area (Å²) in [6.45, 7) is 4.70. The predicted molar refractivity (Wildman–Crippen MR) is 73.1 cm³/mol. The number of rotatable bonds is 6. The number of nitrogens with one attached hydrogen (secondary N) is 2. The normalized spacial score (nSPS) is 10.0. The number of phenolic OH excluding ortho intramolecular Hbond substituents is 1. The Hall–Kier alpha value is -2.04. The van der Waals surface area contributed by atoms with Crippen molar-refractivity contribution in [2.24, 2.45) is 0 Å². The average Bonchev–Trinajstić information content (AvgIpc) is 2.36. The van der Waals surface area contributed by atoms with Crippen molar-refractivity contribution < 1.29 is 14.7 Å².